The second-order valence-electron chi connectivity index (χ2n) is 10.3. The van der Waals surface area contributed by atoms with E-state index in [1.54, 1.807) is 19.1 Å². The van der Waals surface area contributed by atoms with Crippen molar-refractivity contribution in [2.45, 2.75) is 66.4 Å². The number of carboxylic acid groups (broad SMARTS) is 1. The van der Waals surface area contributed by atoms with Gasteiger partial charge in [0.05, 0.1) is 0 Å². The maximum Gasteiger partial charge on any atom is 0.344 e. The number of phenols is 1. The van der Waals surface area contributed by atoms with Crippen LogP contribution in [-0.4, -0.2) is 22.3 Å². The number of ether oxygens (including phenoxy) is 1. The Labute approximate surface area is 185 Å². The summed E-state index contributed by atoms with van der Waals surface area (Å²) in [6.45, 7) is 11.1. The van der Waals surface area contributed by atoms with Crippen LogP contribution in [0.2, 0.25) is 0 Å². The van der Waals surface area contributed by atoms with E-state index < -0.39 is 12.1 Å². The topological polar surface area (TPSA) is 66.8 Å². The summed E-state index contributed by atoms with van der Waals surface area (Å²) in [5.74, 6) is -0.150. The fraction of sp³-hybridized carbons (Fsp3) is 0.444. The van der Waals surface area contributed by atoms with E-state index in [1.807, 2.05) is 36.4 Å². The predicted octanol–water partition coefficient (Wildman–Crippen LogP) is 6.67. The third-order valence-electron chi connectivity index (χ3n) is 5.92. The maximum atomic E-state index is 11.3. The van der Waals surface area contributed by atoms with Crippen LogP contribution < -0.4 is 4.74 Å². The van der Waals surface area contributed by atoms with E-state index in [0.717, 1.165) is 24.0 Å². The highest BCUT2D eigenvalue weighted by molar-refractivity contribution is 5.83. The zero-order valence-corrected chi connectivity index (χ0v) is 19.2. The molecule has 0 aromatic heterocycles. The molecule has 1 unspecified atom stereocenters. The summed E-state index contributed by atoms with van der Waals surface area (Å²) in [5, 5.41) is 19.1. The first kappa shape index (κ1) is 22.9. The summed E-state index contributed by atoms with van der Waals surface area (Å²) < 4.78 is 5.64. The van der Waals surface area contributed by atoms with Gasteiger partial charge in [-0.3, -0.25) is 0 Å². The standard InChI is InChI=1S/C27H34O4/c1-6-23(25(29)30)31-22-13-9-19(10-14-22)24(18-7-11-21(28)12-8-18)20-15-26(2,3)17-27(4,5)16-20/h7-14,23,28H,6,15-17H2,1-5H3,(H,29,30). The molecule has 1 atom stereocenters. The van der Waals surface area contributed by atoms with Crippen LogP contribution in [0.1, 0.15) is 71.4 Å². The normalized spacial score (nSPS) is 18.3. The van der Waals surface area contributed by atoms with Crippen LogP contribution in [-0.2, 0) is 4.79 Å². The molecule has 0 bridgehead atoms. The number of aromatic hydroxyl groups is 1. The number of carboxylic acids is 1. The van der Waals surface area contributed by atoms with E-state index >= 15 is 0 Å². The zero-order chi connectivity index (χ0) is 22.8. The van der Waals surface area contributed by atoms with Crippen LogP contribution in [0.3, 0.4) is 0 Å². The Morgan fingerprint density at radius 1 is 0.935 bits per heavy atom. The van der Waals surface area contributed by atoms with Gasteiger partial charge in [0, 0.05) is 0 Å². The largest absolute Gasteiger partial charge is 0.508 e. The molecule has 3 rings (SSSR count). The number of hydrogen-bond acceptors (Lipinski definition) is 3. The van der Waals surface area contributed by atoms with Crippen molar-refractivity contribution in [1.29, 1.82) is 0 Å². The Bertz CT molecular complexity index is 932. The van der Waals surface area contributed by atoms with Gasteiger partial charge in [-0.2, -0.15) is 0 Å². The van der Waals surface area contributed by atoms with Gasteiger partial charge in [0.25, 0.3) is 0 Å². The summed E-state index contributed by atoms with van der Waals surface area (Å²) in [5.41, 5.74) is 5.17. The molecule has 166 valence electrons. The van der Waals surface area contributed by atoms with Gasteiger partial charge in [-0.15, -0.1) is 0 Å². The molecule has 2 aromatic carbocycles. The molecule has 4 nitrogen and oxygen atoms in total. The number of benzene rings is 2. The van der Waals surface area contributed by atoms with Crippen LogP contribution in [0.15, 0.2) is 54.1 Å². The maximum absolute atomic E-state index is 11.3. The highest BCUT2D eigenvalue weighted by atomic mass is 16.5. The Kier molecular flexibility index (Phi) is 6.49. The van der Waals surface area contributed by atoms with E-state index in [9.17, 15) is 15.0 Å². The van der Waals surface area contributed by atoms with Crippen LogP contribution >= 0.6 is 0 Å². The van der Waals surface area contributed by atoms with Gasteiger partial charge in [-0.1, -0.05) is 64.5 Å². The number of aliphatic carboxylic acids is 1. The molecule has 1 aliphatic rings. The lowest BCUT2D eigenvalue weighted by Gasteiger charge is -2.43. The Hall–Kier alpha value is -2.75. The van der Waals surface area contributed by atoms with Gasteiger partial charge in [0.2, 0.25) is 0 Å². The summed E-state index contributed by atoms with van der Waals surface area (Å²) >= 11 is 0. The third-order valence-corrected chi connectivity index (χ3v) is 5.92. The van der Waals surface area contributed by atoms with Crippen molar-refractivity contribution < 1.29 is 19.7 Å². The van der Waals surface area contributed by atoms with E-state index in [4.69, 9.17) is 4.74 Å². The molecule has 0 aliphatic heterocycles. The monoisotopic (exact) mass is 422 g/mol. The lowest BCUT2D eigenvalue weighted by atomic mass is 9.62. The summed E-state index contributed by atoms with van der Waals surface area (Å²) in [6.07, 6.45) is 2.76. The molecule has 0 amide bonds. The fourth-order valence-electron chi connectivity index (χ4n) is 5.19. The molecule has 4 heteroatoms. The molecule has 0 radical (unpaired) electrons. The fourth-order valence-corrected chi connectivity index (χ4v) is 5.19. The first-order valence-electron chi connectivity index (χ1n) is 11.0. The first-order chi connectivity index (χ1) is 14.5. The van der Waals surface area contributed by atoms with Crippen molar-refractivity contribution in [3.05, 3.63) is 65.2 Å². The predicted molar refractivity (Wildman–Crippen MR) is 124 cm³/mol. The van der Waals surface area contributed by atoms with Gasteiger partial charge in [-0.05, 0) is 77.5 Å². The summed E-state index contributed by atoms with van der Waals surface area (Å²) in [6, 6.07) is 15.1. The molecular weight excluding hydrogens is 388 g/mol. The molecule has 0 saturated heterocycles. The molecule has 31 heavy (non-hydrogen) atoms. The minimum Gasteiger partial charge on any atom is -0.508 e. The van der Waals surface area contributed by atoms with E-state index in [-0.39, 0.29) is 16.6 Å². The smallest absolute Gasteiger partial charge is 0.344 e. The number of rotatable bonds is 6. The zero-order valence-electron chi connectivity index (χ0n) is 19.2. The molecule has 1 saturated carbocycles. The average molecular weight is 423 g/mol. The summed E-state index contributed by atoms with van der Waals surface area (Å²) in [4.78, 5) is 11.3. The van der Waals surface area contributed by atoms with Crippen molar-refractivity contribution in [2.75, 3.05) is 0 Å². The van der Waals surface area contributed by atoms with E-state index in [0.29, 0.717) is 12.2 Å². The van der Waals surface area contributed by atoms with Crippen molar-refractivity contribution in [1.82, 2.24) is 0 Å². The molecule has 2 aromatic rings. The number of carbonyl (C=O) groups is 1. The Balaban J connectivity index is 2.05. The van der Waals surface area contributed by atoms with Gasteiger partial charge in [0.1, 0.15) is 11.5 Å². The lowest BCUT2D eigenvalue weighted by molar-refractivity contribution is -0.145. The molecular formula is C27H34O4. The molecule has 1 fully saturated rings. The minimum atomic E-state index is -0.954. The summed E-state index contributed by atoms with van der Waals surface area (Å²) in [7, 11) is 0. The first-order valence-corrected chi connectivity index (χ1v) is 11.0. The highest BCUT2D eigenvalue weighted by Gasteiger charge is 2.37. The Morgan fingerprint density at radius 3 is 1.87 bits per heavy atom. The average Bonchev–Trinajstić information content (AvgIpc) is 2.66. The second kappa shape index (κ2) is 8.78. The lowest BCUT2D eigenvalue weighted by Crippen LogP contribution is -2.30. The number of phenolic OH excluding ortho intramolecular Hbond substituents is 1. The number of hydrogen-bond donors (Lipinski definition) is 2. The molecule has 2 N–H and O–H groups in total. The molecule has 0 spiro atoms. The van der Waals surface area contributed by atoms with E-state index in [2.05, 4.69) is 27.7 Å². The molecule has 0 heterocycles. The number of allylic oxidation sites excluding steroid dienone is 1. The van der Waals surface area contributed by atoms with Gasteiger partial charge in [0.15, 0.2) is 6.10 Å². The quantitative estimate of drug-likeness (QED) is 0.545. The van der Waals surface area contributed by atoms with Crippen LogP contribution in [0.4, 0.5) is 0 Å². The van der Waals surface area contributed by atoms with Crippen molar-refractivity contribution in [2.24, 2.45) is 10.8 Å². The van der Waals surface area contributed by atoms with Gasteiger partial charge < -0.3 is 14.9 Å². The van der Waals surface area contributed by atoms with Gasteiger partial charge in [-0.25, -0.2) is 4.79 Å². The van der Waals surface area contributed by atoms with E-state index in [1.165, 1.54) is 17.6 Å². The van der Waals surface area contributed by atoms with Crippen molar-refractivity contribution in [3.63, 3.8) is 0 Å². The highest BCUT2D eigenvalue weighted by Crippen LogP contribution is 2.51. The molecule has 1 aliphatic carbocycles. The van der Waals surface area contributed by atoms with Crippen LogP contribution in [0.25, 0.3) is 5.57 Å². The Morgan fingerprint density at radius 2 is 1.42 bits per heavy atom. The van der Waals surface area contributed by atoms with Crippen molar-refractivity contribution >= 4 is 11.5 Å². The van der Waals surface area contributed by atoms with Crippen LogP contribution in [0, 0.1) is 10.8 Å². The third kappa shape index (κ3) is 5.69. The minimum absolute atomic E-state index is 0.206. The van der Waals surface area contributed by atoms with Crippen molar-refractivity contribution in [3.8, 4) is 11.5 Å². The van der Waals surface area contributed by atoms with Gasteiger partial charge >= 0.3 is 5.97 Å². The SMILES string of the molecule is CCC(Oc1ccc(C(=C2CC(C)(C)CC(C)(C)C2)c2ccc(O)cc2)cc1)C(=O)O. The second-order valence-corrected chi connectivity index (χ2v) is 10.3. The van der Waals surface area contributed by atoms with Crippen LogP contribution in [0.5, 0.6) is 11.5 Å².